The molecule has 0 bridgehead atoms. The molecule has 0 heterocycles. The average molecular weight is 303 g/mol. The van der Waals surface area contributed by atoms with Gasteiger partial charge >= 0.3 is 0 Å². The molecule has 0 aliphatic heterocycles. The molecule has 2 rings (SSSR count). The lowest BCUT2D eigenvalue weighted by Crippen LogP contribution is -2.41. The van der Waals surface area contributed by atoms with E-state index >= 15 is 0 Å². The summed E-state index contributed by atoms with van der Waals surface area (Å²) in [5.41, 5.74) is 0.158. The molecule has 1 aliphatic rings. The second-order valence-corrected chi connectivity index (χ2v) is 5.89. The van der Waals surface area contributed by atoms with Crippen LogP contribution in [0.1, 0.15) is 50.7 Å². The zero-order valence-electron chi connectivity index (χ0n) is 11.2. The van der Waals surface area contributed by atoms with Crippen LogP contribution in [0.15, 0.2) is 18.2 Å². The van der Waals surface area contributed by atoms with Crippen molar-refractivity contribution in [2.75, 3.05) is 6.61 Å². The molecule has 1 aromatic carbocycles. The highest BCUT2D eigenvalue weighted by molar-refractivity contribution is 6.42. The third kappa shape index (κ3) is 3.08. The fraction of sp³-hybridized carbons (Fsp3) is 0.600. The summed E-state index contributed by atoms with van der Waals surface area (Å²) in [5.74, 6) is 0. The Hall–Kier alpha value is -0.280. The molecule has 1 aromatic rings. The zero-order valence-corrected chi connectivity index (χ0v) is 12.7. The molecule has 1 unspecified atom stereocenters. The van der Waals surface area contributed by atoms with E-state index in [4.69, 9.17) is 27.9 Å². The maximum Gasteiger partial charge on any atom is 0.109 e. The van der Waals surface area contributed by atoms with Crippen molar-refractivity contribution < 1.29 is 9.84 Å². The first-order valence-electron chi connectivity index (χ1n) is 6.86. The minimum atomic E-state index is -0.723. The van der Waals surface area contributed by atoms with E-state index in [1.54, 1.807) is 6.07 Å². The van der Waals surface area contributed by atoms with Gasteiger partial charge in [-0.2, -0.15) is 0 Å². The van der Waals surface area contributed by atoms with Crippen LogP contribution in [0.25, 0.3) is 0 Å². The van der Waals surface area contributed by atoms with Crippen LogP contribution in [0, 0.1) is 0 Å². The second kappa shape index (κ2) is 6.45. The first kappa shape index (κ1) is 15.1. The van der Waals surface area contributed by atoms with Gasteiger partial charge in [0, 0.05) is 12.2 Å². The number of aliphatic hydroxyl groups excluding tert-OH is 1. The van der Waals surface area contributed by atoms with Gasteiger partial charge in [-0.25, -0.2) is 0 Å². The predicted octanol–water partition coefficient (Wildman–Crippen LogP) is 4.77. The molecule has 106 valence electrons. The fourth-order valence-electron chi connectivity index (χ4n) is 2.95. The summed E-state index contributed by atoms with van der Waals surface area (Å²) < 4.78 is 5.93. The van der Waals surface area contributed by atoms with Gasteiger partial charge in [-0.1, -0.05) is 54.6 Å². The van der Waals surface area contributed by atoms with E-state index in [9.17, 15) is 5.11 Å². The van der Waals surface area contributed by atoms with Crippen LogP contribution in [0.5, 0.6) is 0 Å². The first-order chi connectivity index (χ1) is 9.10. The van der Waals surface area contributed by atoms with Gasteiger partial charge in [0.1, 0.15) is 6.10 Å². The molecule has 4 heteroatoms. The third-order valence-corrected chi connectivity index (χ3v) is 4.74. The summed E-state index contributed by atoms with van der Waals surface area (Å²) >= 11 is 12.3. The number of aliphatic hydroxyl groups is 1. The molecule has 1 saturated carbocycles. The van der Waals surface area contributed by atoms with Crippen molar-refractivity contribution in [2.24, 2.45) is 0 Å². The predicted molar refractivity (Wildman–Crippen MR) is 78.9 cm³/mol. The van der Waals surface area contributed by atoms with E-state index in [0.717, 1.165) is 25.7 Å². The highest BCUT2D eigenvalue weighted by Crippen LogP contribution is 2.44. The van der Waals surface area contributed by atoms with Crippen molar-refractivity contribution in [1.29, 1.82) is 0 Å². The molecule has 1 aliphatic carbocycles. The van der Waals surface area contributed by atoms with E-state index < -0.39 is 11.7 Å². The Morgan fingerprint density at radius 3 is 2.58 bits per heavy atom. The Kier molecular flexibility index (Phi) is 5.13. The van der Waals surface area contributed by atoms with Crippen molar-refractivity contribution >= 4 is 23.2 Å². The van der Waals surface area contributed by atoms with Crippen molar-refractivity contribution in [3.8, 4) is 0 Å². The Labute approximate surface area is 124 Å². The zero-order chi connectivity index (χ0) is 13.9. The number of ether oxygens (including phenoxy) is 1. The molecule has 0 aromatic heterocycles. The van der Waals surface area contributed by atoms with Crippen LogP contribution in [0.3, 0.4) is 0 Å². The number of benzene rings is 1. The maximum absolute atomic E-state index is 10.8. The van der Waals surface area contributed by atoms with Crippen molar-refractivity contribution in [3.63, 3.8) is 0 Å². The van der Waals surface area contributed by atoms with Crippen molar-refractivity contribution in [2.45, 2.75) is 50.7 Å². The van der Waals surface area contributed by atoms with Crippen LogP contribution in [0.4, 0.5) is 0 Å². The lowest BCUT2D eigenvalue weighted by Gasteiger charge is -2.41. The third-order valence-electron chi connectivity index (χ3n) is 3.91. The molecule has 0 saturated heterocycles. The van der Waals surface area contributed by atoms with Gasteiger partial charge in [-0.05, 0) is 25.8 Å². The van der Waals surface area contributed by atoms with Gasteiger partial charge in [-0.3, -0.25) is 0 Å². The van der Waals surface area contributed by atoms with Crippen LogP contribution in [-0.2, 0) is 4.74 Å². The maximum atomic E-state index is 10.8. The Morgan fingerprint density at radius 1 is 1.26 bits per heavy atom. The Balaban J connectivity index is 2.33. The van der Waals surface area contributed by atoms with Gasteiger partial charge in [0.25, 0.3) is 0 Å². The van der Waals surface area contributed by atoms with E-state index in [2.05, 4.69) is 0 Å². The SMILES string of the molecule is CCOC1(C(O)c2cccc(Cl)c2Cl)CCCCC1. The molecular weight excluding hydrogens is 283 g/mol. The summed E-state index contributed by atoms with van der Waals surface area (Å²) in [5, 5.41) is 11.7. The molecule has 1 fully saturated rings. The van der Waals surface area contributed by atoms with E-state index in [0.29, 0.717) is 22.2 Å². The van der Waals surface area contributed by atoms with E-state index in [1.807, 2.05) is 19.1 Å². The van der Waals surface area contributed by atoms with Gasteiger partial charge in [0.2, 0.25) is 0 Å². The minimum absolute atomic E-state index is 0.432. The smallest absolute Gasteiger partial charge is 0.109 e. The summed E-state index contributed by atoms with van der Waals surface area (Å²) in [7, 11) is 0. The Morgan fingerprint density at radius 2 is 1.95 bits per heavy atom. The van der Waals surface area contributed by atoms with Crippen LogP contribution in [0.2, 0.25) is 10.0 Å². The second-order valence-electron chi connectivity index (χ2n) is 5.10. The van der Waals surface area contributed by atoms with Crippen LogP contribution >= 0.6 is 23.2 Å². The first-order valence-corrected chi connectivity index (χ1v) is 7.62. The molecule has 1 atom stereocenters. The highest BCUT2D eigenvalue weighted by Gasteiger charge is 2.41. The van der Waals surface area contributed by atoms with E-state index in [-0.39, 0.29) is 0 Å². The number of hydrogen-bond acceptors (Lipinski definition) is 2. The van der Waals surface area contributed by atoms with Gasteiger partial charge in [-0.15, -0.1) is 0 Å². The summed E-state index contributed by atoms with van der Waals surface area (Å²) in [6, 6.07) is 5.37. The standard InChI is InChI=1S/C15H20Cl2O2/c1-2-19-15(9-4-3-5-10-15)14(18)11-7-6-8-12(16)13(11)17/h6-8,14,18H,2-5,9-10H2,1H3. The lowest BCUT2D eigenvalue weighted by atomic mass is 9.78. The Bertz CT molecular complexity index is 423. The normalized spacial score (nSPS) is 20.2. The molecule has 0 spiro atoms. The molecular formula is C15H20Cl2O2. The molecule has 0 amide bonds. The fourth-order valence-corrected chi connectivity index (χ4v) is 3.36. The molecule has 19 heavy (non-hydrogen) atoms. The van der Waals surface area contributed by atoms with Crippen LogP contribution in [-0.4, -0.2) is 17.3 Å². The van der Waals surface area contributed by atoms with E-state index in [1.165, 1.54) is 6.42 Å². The van der Waals surface area contributed by atoms with Crippen LogP contribution < -0.4 is 0 Å². The number of hydrogen-bond donors (Lipinski definition) is 1. The summed E-state index contributed by atoms with van der Waals surface area (Å²) in [4.78, 5) is 0. The topological polar surface area (TPSA) is 29.5 Å². The summed E-state index contributed by atoms with van der Waals surface area (Å²) in [6.45, 7) is 2.55. The van der Waals surface area contributed by atoms with Gasteiger partial charge < -0.3 is 9.84 Å². The largest absolute Gasteiger partial charge is 0.385 e. The number of rotatable bonds is 4. The van der Waals surface area contributed by atoms with Gasteiger partial charge in [0.15, 0.2) is 0 Å². The molecule has 2 nitrogen and oxygen atoms in total. The average Bonchev–Trinajstić information content (AvgIpc) is 2.42. The quantitative estimate of drug-likeness (QED) is 0.868. The summed E-state index contributed by atoms with van der Waals surface area (Å²) in [6.07, 6.45) is 4.37. The van der Waals surface area contributed by atoms with Crippen molar-refractivity contribution in [1.82, 2.24) is 0 Å². The minimum Gasteiger partial charge on any atom is -0.385 e. The monoisotopic (exact) mass is 302 g/mol. The lowest BCUT2D eigenvalue weighted by molar-refractivity contribution is -0.141. The van der Waals surface area contributed by atoms with Crippen molar-refractivity contribution in [3.05, 3.63) is 33.8 Å². The highest BCUT2D eigenvalue weighted by atomic mass is 35.5. The van der Waals surface area contributed by atoms with Gasteiger partial charge in [0.05, 0.1) is 15.6 Å². The number of halogens is 2. The molecule has 0 radical (unpaired) electrons. The molecule has 1 N–H and O–H groups in total.